The van der Waals surface area contributed by atoms with Crippen LogP contribution in [0.2, 0.25) is 0 Å². The molecule has 0 amide bonds. The van der Waals surface area contributed by atoms with Gasteiger partial charge in [0, 0.05) is 18.0 Å². The first-order valence-electron chi connectivity index (χ1n) is 6.99. The smallest absolute Gasteiger partial charge is 0.136 e. The molecule has 0 aromatic carbocycles. The minimum absolute atomic E-state index is 0.418. The quantitative estimate of drug-likeness (QED) is 0.811. The third-order valence-corrected chi connectivity index (χ3v) is 3.55. The fraction of sp³-hybridized carbons (Fsp3) is 0.714. The van der Waals surface area contributed by atoms with Gasteiger partial charge in [-0.3, -0.25) is 0 Å². The highest BCUT2D eigenvalue weighted by molar-refractivity contribution is 5.45. The van der Waals surface area contributed by atoms with Gasteiger partial charge in [0.05, 0.1) is 0 Å². The average Bonchev–Trinajstić information content (AvgIpc) is 3.11. The molecule has 18 heavy (non-hydrogen) atoms. The maximum absolute atomic E-state index is 5.84. The molecule has 1 fully saturated rings. The van der Waals surface area contributed by atoms with Crippen molar-refractivity contribution in [2.75, 3.05) is 11.1 Å². The fourth-order valence-electron chi connectivity index (χ4n) is 2.16. The van der Waals surface area contributed by atoms with E-state index in [2.05, 4.69) is 36.1 Å². The van der Waals surface area contributed by atoms with Gasteiger partial charge in [-0.2, -0.15) is 0 Å². The SMILES string of the molecule is CCC(C)CC(C)Nc1cc(N)nc(C2CC2)n1. The molecule has 2 atom stereocenters. The molecule has 1 saturated carbocycles. The van der Waals surface area contributed by atoms with Crippen molar-refractivity contribution >= 4 is 11.6 Å². The van der Waals surface area contributed by atoms with Gasteiger partial charge in [-0.05, 0) is 32.1 Å². The summed E-state index contributed by atoms with van der Waals surface area (Å²) in [6.07, 6.45) is 4.76. The largest absolute Gasteiger partial charge is 0.384 e. The molecular weight excluding hydrogens is 224 g/mol. The van der Waals surface area contributed by atoms with Crippen LogP contribution in [-0.2, 0) is 0 Å². The third kappa shape index (κ3) is 3.59. The van der Waals surface area contributed by atoms with Crippen LogP contribution in [0.1, 0.15) is 58.2 Å². The summed E-state index contributed by atoms with van der Waals surface area (Å²) in [7, 11) is 0. The fourth-order valence-corrected chi connectivity index (χ4v) is 2.16. The first-order chi connectivity index (χ1) is 8.58. The highest BCUT2D eigenvalue weighted by Gasteiger charge is 2.27. The van der Waals surface area contributed by atoms with Gasteiger partial charge in [0.15, 0.2) is 0 Å². The second kappa shape index (κ2) is 5.55. The number of nitrogens with one attached hydrogen (secondary N) is 1. The Bertz CT molecular complexity index is 401. The number of rotatable bonds is 6. The van der Waals surface area contributed by atoms with Crippen molar-refractivity contribution in [3.63, 3.8) is 0 Å². The number of nitrogens with two attached hydrogens (primary N) is 1. The Morgan fingerprint density at radius 2 is 2.11 bits per heavy atom. The second-order valence-electron chi connectivity index (χ2n) is 5.61. The number of nitrogen functional groups attached to an aromatic ring is 1. The van der Waals surface area contributed by atoms with Crippen LogP contribution < -0.4 is 11.1 Å². The van der Waals surface area contributed by atoms with E-state index in [0.29, 0.717) is 17.8 Å². The summed E-state index contributed by atoms with van der Waals surface area (Å²) in [5, 5.41) is 3.44. The topological polar surface area (TPSA) is 63.8 Å². The van der Waals surface area contributed by atoms with Crippen LogP contribution in [0.4, 0.5) is 11.6 Å². The summed E-state index contributed by atoms with van der Waals surface area (Å²) in [5.41, 5.74) is 5.84. The zero-order chi connectivity index (χ0) is 13.1. The van der Waals surface area contributed by atoms with E-state index in [1.807, 2.05) is 6.07 Å². The summed E-state index contributed by atoms with van der Waals surface area (Å²) in [5.74, 6) is 3.63. The van der Waals surface area contributed by atoms with Crippen molar-refractivity contribution < 1.29 is 0 Å². The molecule has 100 valence electrons. The van der Waals surface area contributed by atoms with Gasteiger partial charge in [-0.1, -0.05) is 20.3 Å². The first-order valence-corrected chi connectivity index (χ1v) is 6.99. The Morgan fingerprint density at radius 1 is 1.39 bits per heavy atom. The Kier molecular flexibility index (Phi) is 4.04. The van der Waals surface area contributed by atoms with Gasteiger partial charge in [-0.25, -0.2) is 9.97 Å². The maximum Gasteiger partial charge on any atom is 0.136 e. The minimum Gasteiger partial charge on any atom is -0.384 e. The lowest BCUT2D eigenvalue weighted by molar-refractivity contribution is 0.483. The van der Waals surface area contributed by atoms with Gasteiger partial charge < -0.3 is 11.1 Å². The molecule has 1 aromatic rings. The number of aromatic nitrogens is 2. The number of anilines is 2. The van der Waals surface area contributed by atoms with Crippen LogP contribution in [0.15, 0.2) is 6.07 Å². The van der Waals surface area contributed by atoms with Crippen LogP contribution in [-0.4, -0.2) is 16.0 Å². The van der Waals surface area contributed by atoms with Crippen LogP contribution in [0.5, 0.6) is 0 Å². The van der Waals surface area contributed by atoms with Crippen LogP contribution >= 0.6 is 0 Å². The van der Waals surface area contributed by atoms with E-state index in [0.717, 1.165) is 24.0 Å². The van der Waals surface area contributed by atoms with Crippen molar-refractivity contribution in [2.24, 2.45) is 5.92 Å². The standard InChI is InChI=1S/C14H24N4/c1-4-9(2)7-10(3)16-13-8-12(15)17-14(18-13)11-5-6-11/h8-11H,4-7H2,1-3H3,(H3,15,16,17,18). The molecule has 0 aliphatic heterocycles. The zero-order valence-corrected chi connectivity index (χ0v) is 11.6. The molecule has 0 saturated heterocycles. The molecule has 1 aromatic heterocycles. The van der Waals surface area contributed by atoms with E-state index in [4.69, 9.17) is 5.73 Å². The first kappa shape index (κ1) is 13.1. The molecule has 1 heterocycles. The predicted octanol–water partition coefficient (Wildman–Crippen LogP) is 3.17. The monoisotopic (exact) mass is 248 g/mol. The number of nitrogens with zero attached hydrogens (tertiary/aromatic N) is 2. The second-order valence-corrected chi connectivity index (χ2v) is 5.61. The zero-order valence-electron chi connectivity index (χ0n) is 11.6. The van der Waals surface area contributed by atoms with Gasteiger partial charge in [0.25, 0.3) is 0 Å². The number of hydrogen-bond acceptors (Lipinski definition) is 4. The molecule has 2 unspecified atom stereocenters. The van der Waals surface area contributed by atoms with Crippen LogP contribution in [0, 0.1) is 5.92 Å². The van der Waals surface area contributed by atoms with Crippen molar-refractivity contribution in [3.8, 4) is 0 Å². The van der Waals surface area contributed by atoms with Crippen molar-refractivity contribution in [1.29, 1.82) is 0 Å². The Labute approximate surface area is 109 Å². The van der Waals surface area contributed by atoms with Gasteiger partial charge in [0.1, 0.15) is 17.5 Å². The Balaban J connectivity index is 1.99. The molecule has 4 heteroatoms. The van der Waals surface area contributed by atoms with E-state index >= 15 is 0 Å². The van der Waals surface area contributed by atoms with Crippen molar-refractivity contribution in [3.05, 3.63) is 11.9 Å². The molecule has 0 spiro atoms. The highest BCUT2D eigenvalue weighted by Crippen LogP contribution is 2.38. The lowest BCUT2D eigenvalue weighted by atomic mass is 10.0. The van der Waals surface area contributed by atoms with Gasteiger partial charge in [0.2, 0.25) is 0 Å². The minimum atomic E-state index is 0.418. The van der Waals surface area contributed by atoms with Crippen LogP contribution in [0.3, 0.4) is 0 Å². The van der Waals surface area contributed by atoms with E-state index in [1.165, 1.54) is 19.3 Å². The molecule has 1 aliphatic rings. The normalized spacial score (nSPS) is 18.4. The molecule has 4 nitrogen and oxygen atoms in total. The molecule has 0 bridgehead atoms. The summed E-state index contributed by atoms with van der Waals surface area (Å²) in [6.45, 7) is 6.70. The molecule has 1 aliphatic carbocycles. The molecule has 3 N–H and O–H groups in total. The lowest BCUT2D eigenvalue weighted by Gasteiger charge is -2.18. The lowest BCUT2D eigenvalue weighted by Crippen LogP contribution is -2.19. The maximum atomic E-state index is 5.84. The van der Waals surface area contributed by atoms with E-state index in [-0.39, 0.29) is 0 Å². The van der Waals surface area contributed by atoms with Crippen molar-refractivity contribution in [1.82, 2.24) is 9.97 Å². The predicted molar refractivity (Wildman–Crippen MR) is 75.6 cm³/mol. The molecular formula is C14H24N4. The van der Waals surface area contributed by atoms with E-state index in [9.17, 15) is 0 Å². The van der Waals surface area contributed by atoms with Crippen molar-refractivity contribution in [2.45, 2.75) is 58.4 Å². The summed E-state index contributed by atoms with van der Waals surface area (Å²) >= 11 is 0. The summed E-state index contributed by atoms with van der Waals surface area (Å²) < 4.78 is 0. The summed E-state index contributed by atoms with van der Waals surface area (Å²) in [4.78, 5) is 8.87. The van der Waals surface area contributed by atoms with E-state index in [1.54, 1.807) is 0 Å². The van der Waals surface area contributed by atoms with E-state index < -0.39 is 0 Å². The summed E-state index contributed by atoms with van der Waals surface area (Å²) in [6, 6.07) is 2.25. The number of hydrogen-bond donors (Lipinski definition) is 2. The van der Waals surface area contributed by atoms with Gasteiger partial charge in [-0.15, -0.1) is 0 Å². The highest BCUT2D eigenvalue weighted by atomic mass is 15.1. The average molecular weight is 248 g/mol. The van der Waals surface area contributed by atoms with Gasteiger partial charge >= 0.3 is 0 Å². The van der Waals surface area contributed by atoms with Crippen LogP contribution in [0.25, 0.3) is 0 Å². The third-order valence-electron chi connectivity index (χ3n) is 3.55. The Morgan fingerprint density at radius 3 is 2.72 bits per heavy atom. The molecule has 2 rings (SSSR count). The molecule has 0 radical (unpaired) electrons. The Hall–Kier alpha value is -1.32.